The Morgan fingerprint density at radius 2 is 2.15 bits per heavy atom. The van der Waals surface area contributed by atoms with Crippen LogP contribution in [0.25, 0.3) is 0 Å². The second-order valence-corrected chi connectivity index (χ2v) is 4.80. The fourth-order valence-corrected chi connectivity index (χ4v) is 2.51. The van der Waals surface area contributed by atoms with Crippen LogP contribution in [0.1, 0.15) is 28.9 Å². The number of benzene rings is 1. The van der Waals surface area contributed by atoms with Crippen molar-refractivity contribution in [2.24, 2.45) is 0 Å². The van der Waals surface area contributed by atoms with Crippen molar-refractivity contribution in [1.82, 2.24) is 9.88 Å². The lowest BCUT2D eigenvalue weighted by atomic mass is 10.1. The Kier molecular flexibility index (Phi) is 3.37. The number of rotatable bonds is 1. The van der Waals surface area contributed by atoms with Gasteiger partial charge >= 0.3 is 0 Å². The van der Waals surface area contributed by atoms with Crippen molar-refractivity contribution in [3.8, 4) is 5.75 Å². The summed E-state index contributed by atoms with van der Waals surface area (Å²) >= 11 is 0. The molecular weight excluding hydrogens is 252 g/mol. The largest absolute Gasteiger partial charge is 0.491 e. The van der Waals surface area contributed by atoms with Crippen LogP contribution in [0, 0.1) is 0 Å². The SMILES string of the molecule is CC1c2ccccc2OCCN1C(=O)c1cccnc1. The predicted octanol–water partition coefficient (Wildman–Crippen LogP) is 2.68. The van der Waals surface area contributed by atoms with E-state index in [9.17, 15) is 4.79 Å². The van der Waals surface area contributed by atoms with Gasteiger partial charge in [-0.1, -0.05) is 18.2 Å². The van der Waals surface area contributed by atoms with Gasteiger partial charge in [0.05, 0.1) is 18.2 Å². The summed E-state index contributed by atoms with van der Waals surface area (Å²) in [4.78, 5) is 18.5. The maximum Gasteiger partial charge on any atom is 0.256 e. The molecule has 1 amide bonds. The minimum Gasteiger partial charge on any atom is -0.491 e. The van der Waals surface area contributed by atoms with E-state index in [0.717, 1.165) is 11.3 Å². The molecule has 1 unspecified atom stereocenters. The molecule has 4 nitrogen and oxygen atoms in total. The van der Waals surface area contributed by atoms with Crippen LogP contribution in [0.15, 0.2) is 48.8 Å². The molecule has 2 heterocycles. The third kappa shape index (κ3) is 2.25. The molecule has 1 atom stereocenters. The van der Waals surface area contributed by atoms with Gasteiger partial charge in [-0.25, -0.2) is 0 Å². The minimum atomic E-state index is -0.0126. The van der Waals surface area contributed by atoms with Gasteiger partial charge in [-0.15, -0.1) is 0 Å². The molecule has 0 N–H and O–H groups in total. The molecule has 1 aliphatic rings. The summed E-state index contributed by atoms with van der Waals surface area (Å²) in [6, 6.07) is 11.4. The zero-order valence-electron chi connectivity index (χ0n) is 11.3. The van der Waals surface area contributed by atoms with Crippen LogP contribution in [-0.2, 0) is 0 Å². The minimum absolute atomic E-state index is 0.00842. The Labute approximate surface area is 118 Å². The molecule has 1 aromatic heterocycles. The van der Waals surface area contributed by atoms with Gasteiger partial charge in [0.25, 0.3) is 5.91 Å². The number of aromatic nitrogens is 1. The highest BCUT2D eigenvalue weighted by molar-refractivity contribution is 5.94. The molecule has 0 saturated carbocycles. The topological polar surface area (TPSA) is 42.4 Å². The van der Waals surface area contributed by atoms with Crippen LogP contribution in [0.2, 0.25) is 0 Å². The number of fused-ring (bicyclic) bond motifs is 1. The van der Waals surface area contributed by atoms with Crippen molar-refractivity contribution in [1.29, 1.82) is 0 Å². The molecule has 0 fully saturated rings. The number of pyridine rings is 1. The Morgan fingerprint density at radius 1 is 1.30 bits per heavy atom. The van der Waals surface area contributed by atoms with E-state index in [1.165, 1.54) is 0 Å². The number of ether oxygens (including phenoxy) is 1. The van der Waals surface area contributed by atoms with Gasteiger partial charge in [0, 0.05) is 18.0 Å². The zero-order valence-corrected chi connectivity index (χ0v) is 11.3. The number of carbonyl (C=O) groups is 1. The summed E-state index contributed by atoms with van der Waals surface area (Å²) < 4.78 is 5.73. The Hall–Kier alpha value is -2.36. The maximum absolute atomic E-state index is 12.6. The van der Waals surface area contributed by atoms with Gasteiger partial charge in [0.15, 0.2) is 0 Å². The first-order valence-electron chi connectivity index (χ1n) is 6.70. The summed E-state index contributed by atoms with van der Waals surface area (Å²) in [6.45, 7) is 3.11. The van der Waals surface area contributed by atoms with E-state index in [0.29, 0.717) is 18.7 Å². The van der Waals surface area contributed by atoms with Crippen molar-refractivity contribution in [3.05, 3.63) is 59.9 Å². The summed E-state index contributed by atoms with van der Waals surface area (Å²) in [6.07, 6.45) is 3.27. The molecule has 0 spiro atoms. The summed E-state index contributed by atoms with van der Waals surface area (Å²) in [5.74, 6) is 0.854. The normalized spacial score (nSPS) is 17.9. The number of para-hydroxylation sites is 1. The van der Waals surface area contributed by atoms with E-state index in [2.05, 4.69) is 4.98 Å². The maximum atomic E-state index is 12.6. The average molecular weight is 268 g/mol. The highest BCUT2D eigenvalue weighted by Crippen LogP contribution is 2.32. The van der Waals surface area contributed by atoms with E-state index in [-0.39, 0.29) is 11.9 Å². The quantitative estimate of drug-likeness (QED) is 0.798. The zero-order chi connectivity index (χ0) is 13.9. The van der Waals surface area contributed by atoms with Gasteiger partial charge < -0.3 is 9.64 Å². The lowest BCUT2D eigenvalue weighted by Crippen LogP contribution is -2.35. The molecule has 0 saturated heterocycles. The number of hydrogen-bond donors (Lipinski definition) is 0. The highest BCUT2D eigenvalue weighted by atomic mass is 16.5. The summed E-state index contributed by atoms with van der Waals surface area (Å²) in [5.41, 5.74) is 1.65. The molecule has 2 aromatic rings. The monoisotopic (exact) mass is 268 g/mol. The van der Waals surface area contributed by atoms with Crippen molar-refractivity contribution in [2.45, 2.75) is 13.0 Å². The Morgan fingerprint density at radius 3 is 2.95 bits per heavy atom. The number of carbonyl (C=O) groups excluding carboxylic acids is 1. The standard InChI is InChI=1S/C16H16N2O2/c1-12-14-6-2-3-7-15(14)20-10-9-18(12)16(19)13-5-4-8-17-11-13/h2-8,11-12H,9-10H2,1H3. The summed E-state index contributed by atoms with van der Waals surface area (Å²) in [5, 5.41) is 0. The average Bonchev–Trinajstić information content (AvgIpc) is 2.67. The lowest BCUT2D eigenvalue weighted by molar-refractivity contribution is 0.0681. The molecule has 20 heavy (non-hydrogen) atoms. The number of hydrogen-bond acceptors (Lipinski definition) is 3. The van der Waals surface area contributed by atoms with Gasteiger partial charge in [-0.05, 0) is 25.1 Å². The number of amides is 1. The van der Waals surface area contributed by atoms with Crippen molar-refractivity contribution in [3.63, 3.8) is 0 Å². The first-order valence-corrected chi connectivity index (χ1v) is 6.70. The van der Waals surface area contributed by atoms with Crippen molar-refractivity contribution in [2.75, 3.05) is 13.2 Å². The lowest BCUT2D eigenvalue weighted by Gasteiger charge is -2.27. The Balaban J connectivity index is 1.93. The third-order valence-corrected chi connectivity index (χ3v) is 3.60. The van der Waals surface area contributed by atoms with Crippen LogP contribution < -0.4 is 4.74 Å². The van der Waals surface area contributed by atoms with Crippen molar-refractivity contribution >= 4 is 5.91 Å². The van der Waals surface area contributed by atoms with Gasteiger partial charge in [0.1, 0.15) is 12.4 Å². The molecule has 0 bridgehead atoms. The third-order valence-electron chi connectivity index (χ3n) is 3.60. The van der Waals surface area contributed by atoms with Gasteiger partial charge in [0.2, 0.25) is 0 Å². The van der Waals surface area contributed by atoms with Gasteiger partial charge in [-0.2, -0.15) is 0 Å². The summed E-state index contributed by atoms with van der Waals surface area (Å²) in [7, 11) is 0. The second-order valence-electron chi connectivity index (χ2n) is 4.80. The Bertz CT molecular complexity index is 613. The molecule has 3 rings (SSSR count). The van der Waals surface area contributed by atoms with Crippen LogP contribution >= 0.6 is 0 Å². The van der Waals surface area contributed by atoms with E-state index in [1.807, 2.05) is 36.1 Å². The number of nitrogens with zero attached hydrogens (tertiary/aromatic N) is 2. The fourth-order valence-electron chi connectivity index (χ4n) is 2.51. The molecule has 0 radical (unpaired) electrons. The fraction of sp³-hybridized carbons (Fsp3) is 0.250. The van der Waals surface area contributed by atoms with E-state index < -0.39 is 0 Å². The first kappa shape index (κ1) is 12.7. The smallest absolute Gasteiger partial charge is 0.256 e. The van der Waals surface area contributed by atoms with E-state index in [1.54, 1.807) is 24.5 Å². The molecule has 4 heteroatoms. The van der Waals surface area contributed by atoms with E-state index >= 15 is 0 Å². The van der Waals surface area contributed by atoms with Crippen LogP contribution in [0.4, 0.5) is 0 Å². The molecule has 102 valence electrons. The molecule has 1 aliphatic heterocycles. The van der Waals surface area contributed by atoms with Crippen molar-refractivity contribution < 1.29 is 9.53 Å². The van der Waals surface area contributed by atoms with Crippen LogP contribution in [0.3, 0.4) is 0 Å². The second kappa shape index (κ2) is 5.33. The molecular formula is C16H16N2O2. The van der Waals surface area contributed by atoms with Crippen LogP contribution in [-0.4, -0.2) is 28.9 Å². The van der Waals surface area contributed by atoms with Gasteiger partial charge in [-0.3, -0.25) is 9.78 Å². The molecule has 1 aromatic carbocycles. The predicted molar refractivity (Wildman–Crippen MR) is 75.6 cm³/mol. The highest BCUT2D eigenvalue weighted by Gasteiger charge is 2.27. The molecule has 0 aliphatic carbocycles. The first-order chi connectivity index (χ1) is 9.77. The van der Waals surface area contributed by atoms with Crippen LogP contribution in [0.5, 0.6) is 5.75 Å². The van der Waals surface area contributed by atoms with E-state index in [4.69, 9.17) is 4.74 Å².